The summed E-state index contributed by atoms with van der Waals surface area (Å²) in [5, 5.41) is 0.586. The van der Waals surface area contributed by atoms with E-state index in [1.807, 2.05) is 0 Å². The predicted octanol–water partition coefficient (Wildman–Crippen LogP) is 5.36. The van der Waals surface area contributed by atoms with E-state index in [1.165, 1.54) is 30.3 Å². The Bertz CT molecular complexity index is 920. The summed E-state index contributed by atoms with van der Waals surface area (Å²) in [6.07, 6.45) is -3.25. The lowest BCUT2D eigenvalue weighted by Gasteiger charge is -2.06. The number of benzene rings is 2. The number of halogens is 5. The minimum absolute atomic E-state index is 0.00166. The maximum absolute atomic E-state index is 12.7. The summed E-state index contributed by atoms with van der Waals surface area (Å²) in [5.41, 5.74) is -0.321. The molecule has 0 spiro atoms. The average Bonchev–Trinajstić information content (AvgIpc) is 2.90. The van der Waals surface area contributed by atoms with E-state index in [1.54, 1.807) is 6.07 Å². The lowest BCUT2D eigenvalue weighted by atomic mass is 10.1. The van der Waals surface area contributed by atoms with Gasteiger partial charge in [-0.2, -0.15) is 13.2 Å². The Labute approximate surface area is 150 Å². The molecule has 3 rings (SSSR count). The van der Waals surface area contributed by atoms with Crippen LogP contribution in [0.1, 0.15) is 16.7 Å². The highest BCUT2D eigenvalue weighted by atomic mass is 35.5. The molecule has 1 aliphatic heterocycles. The van der Waals surface area contributed by atoms with Crippen molar-refractivity contribution >= 4 is 41.1 Å². The smallest absolute Gasteiger partial charge is 0.402 e. The fraction of sp³-hybridized carbons (Fsp3) is 0.0588. The number of nitrogens with zero attached hydrogens (tertiary/aromatic N) is 1. The maximum Gasteiger partial charge on any atom is 0.416 e. The number of esters is 1. The second kappa shape index (κ2) is 6.54. The molecule has 0 radical (unpaired) electrons. The summed E-state index contributed by atoms with van der Waals surface area (Å²) >= 11 is 11.7. The largest absolute Gasteiger partial charge is 0.416 e. The number of ether oxygens (including phenoxy) is 1. The first-order valence-corrected chi connectivity index (χ1v) is 7.65. The van der Waals surface area contributed by atoms with Crippen molar-refractivity contribution in [3.63, 3.8) is 0 Å². The second-order valence-corrected chi connectivity index (χ2v) is 5.90. The zero-order valence-electron chi connectivity index (χ0n) is 12.3. The number of carbonyl (C=O) groups is 1. The van der Waals surface area contributed by atoms with Gasteiger partial charge >= 0.3 is 12.1 Å². The third kappa shape index (κ3) is 3.86. The highest BCUT2D eigenvalue weighted by Gasteiger charge is 2.30. The van der Waals surface area contributed by atoms with Crippen molar-refractivity contribution in [3.05, 3.63) is 74.9 Å². The lowest BCUT2D eigenvalue weighted by molar-refractivity contribution is -0.137. The van der Waals surface area contributed by atoms with E-state index in [0.29, 0.717) is 10.6 Å². The van der Waals surface area contributed by atoms with Gasteiger partial charge in [-0.15, -0.1) is 0 Å². The highest BCUT2D eigenvalue weighted by Crippen LogP contribution is 2.30. The van der Waals surface area contributed by atoms with Crippen LogP contribution in [0.5, 0.6) is 0 Å². The summed E-state index contributed by atoms with van der Waals surface area (Å²) in [4.78, 5) is 15.9. The Kier molecular flexibility index (Phi) is 4.58. The average molecular weight is 386 g/mol. The molecule has 0 saturated carbocycles. The number of aliphatic imine (C=N–C) groups is 1. The third-order valence-corrected chi connectivity index (χ3v) is 4.04. The van der Waals surface area contributed by atoms with Crippen LogP contribution < -0.4 is 0 Å². The Morgan fingerprint density at radius 3 is 2.48 bits per heavy atom. The normalized spacial score (nSPS) is 16.1. The summed E-state index contributed by atoms with van der Waals surface area (Å²) in [6, 6.07) is 9.11. The fourth-order valence-corrected chi connectivity index (χ4v) is 2.42. The molecule has 0 fully saturated rings. The summed E-state index contributed by atoms with van der Waals surface area (Å²) in [7, 11) is 0. The van der Waals surface area contributed by atoms with Gasteiger partial charge in [0.2, 0.25) is 5.90 Å². The fourth-order valence-electron chi connectivity index (χ4n) is 2.12. The first-order chi connectivity index (χ1) is 11.7. The third-order valence-electron chi connectivity index (χ3n) is 3.30. The van der Waals surface area contributed by atoms with E-state index in [0.717, 1.165) is 12.1 Å². The van der Waals surface area contributed by atoms with Crippen molar-refractivity contribution in [1.82, 2.24) is 0 Å². The van der Waals surface area contributed by atoms with Gasteiger partial charge in [0, 0.05) is 5.56 Å². The van der Waals surface area contributed by atoms with Crippen molar-refractivity contribution < 1.29 is 22.7 Å². The highest BCUT2D eigenvalue weighted by molar-refractivity contribution is 6.42. The second-order valence-electron chi connectivity index (χ2n) is 5.09. The minimum atomic E-state index is -4.47. The van der Waals surface area contributed by atoms with E-state index < -0.39 is 17.7 Å². The van der Waals surface area contributed by atoms with Crippen LogP contribution in [0.4, 0.5) is 13.2 Å². The SMILES string of the molecule is O=C1OC(c2ccc(Cl)c(Cl)c2)=N/C1=C\c1cccc(C(F)(F)F)c1. The van der Waals surface area contributed by atoms with Gasteiger partial charge in [-0.05, 0) is 42.0 Å². The van der Waals surface area contributed by atoms with Crippen LogP contribution in [0.15, 0.2) is 53.2 Å². The van der Waals surface area contributed by atoms with E-state index in [9.17, 15) is 18.0 Å². The molecule has 128 valence electrons. The van der Waals surface area contributed by atoms with E-state index >= 15 is 0 Å². The zero-order chi connectivity index (χ0) is 18.2. The Balaban J connectivity index is 1.95. The minimum Gasteiger partial charge on any atom is -0.402 e. The van der Waals surface area contributed by atoms with Gasteiger partial charge in [0.1, 0.15) is 0 Å². The Morgan fingerprint density at radius 1 is 1.04 bits per heavy atom. The van der Waals surface area contributed by atoms with Crippen LogP contribution in [0.25, 0.3) is 6.08 Å². The molecule has 1 heterocycles. The molecular formula is C17H8Cl2F3NO2. The number of cyclic esters (lactones) is 1. The number of hydrogen-bond donors (Lipinski definition) is 0. The van der Waals surface area contributed by atoms with Gasteiger partial charge in [-0.3, -0.25) is 0 Å². The molecule has 0 saturated heterocycles. The molecule has 0 unspecified atom stereocenters. The first kappa shape index (κ1) is 17.5. The Morgan fingerprint density at radius 2 is 1.80 bits per heavy atom. The van der Waals surface area contributed by atoms with E-state index in [-0.39, 0.29) is 22.2 Å². The summed E-state index contributed by atoms with van der Waals surface area (Å²) < 4.78 is 43.3. The van der Waals surface area contributed by atoms with Gasteiger partial charge in [-0.1, -0.05) is 35.3 Å². The molecule has 0 aliphatic carbocycles. The van der Waals surface area contributed by atoms with Crippen molar-refractivity contribution in [3.8, 4) is 0 Å². The topological polar surface area (TPSA) is 38.7 Å². The molecule has 1 aliphatic rings. The maximum atomic E-state index is 12.7. The standard InChI is InChI=1S/C17H8Cl2F3NO2/c18-12-5-4-10(8-13(12)19)15-23-14(16(24)25-15)7-9-2-1-3-11(6-9)17(20,21)22/h1-8H/b14-7-. The van der Waals surface area contributed by atoms with Crippen molar-refractivity contribution in [2.24, 2.45) is 4.99 Å². The zero-order valence-corrected chi connectivity index (χ0v) is 13.8. The van der Waals surface area contributed by atoms with Gasteiger partial charge in [-0.25, -0.2) is 9.79 Å². The molecule has 2 aromatic rings. The Hall–Kier alpha value is -2.31. The van der Waals surface area contributed by atoms with E-state index in [4.69, 9.17) is 27.9 Å². The monoisotopic (exact) mass is 385 g/mol. The van der Waals surface area contributed by atoms with Crippen LogP contribution in [0.2, 0.25) is 10.0 Å². The molecule has 2 aromatic carbocycles. The molecule has 3 nitrogen and oxygen atoms in total. The predicted molar refractivity (Wildman–Crippen MR) is 88.5 cm³/mol. The molecular weight excluding hydrogens is 378 g/mol. The molecule has 8 heteroatoms. The summed E-state index contributed by atoms with van der Waals surface area (Å²) in [6.45, 7) is 0. The van der Waals surface area contributed by atoms with Gasteiger partial charge in [0.25, 0.3) is 0 Å². The number of hydrogen-bond acceptors (Lipinski definition) is 3. The number of rotatable bonds is 2. The van der Waals surface area contributed by atoms with Gasteiger partial charge < -0.3 is 4.74 Å². The van der Waals surface area contributed by atoms with Crippen molar-refractivity contribution in [2.45, 2.75) is 6.18 Å². The quantitative estimate of drug-likeness (QED) is 0.515. The lowest BCUT2D eigenvalue weighted by Crippen LogP contribution is -2.05. The molecule has 0 amide bonds. The van der Waals surface area contributed by atoms with Crippen LogP contribution in [0.3, 0.4) is 0 Å². The van der Waals surface area contributed by atoms with Crippen molar-refractivity contribution in [2.75, 3.05) is 0 Å². The van der Waals surface area contributed by atoms with Gasteiger partial charge in [0.15, 0.2) is 5.70 Å². The molecule has 0 bridgehead atoms. The van der Waals surface area contributed by atoms with Crippen LogP contribution >= 0.6 is 23.2 Å². The first-order valence-electron chi connectivity index (χ1n) is 6.89. The van der Waals surface area contributed by atoms with Crippen LogP contribution in [0, 0.1) is 0 Å². The van der Waals surface area contributed by atoms with Gasteiger partial charge in [0.05, 0.1) is 15.6 Å². The molecule has 25 heavy (non-hydrogen) atoms. The summed E-state index contributed by atoms with van der Waals surface area (Å²) in [5.74, 6) is -0.764. The number of alkyl halides is 3. The van der Waals surface area contributed by atoms with E-state index in [2.05, 4.69) is 4.99 Å². The molecule has 0 aromatic heterocycles. The van der Waals surface area contributed by atoms with Crippen molar-refractivity contribution in [1.29, 1.82) is 0 Å². The molecule has 0 atom stereocenters. The molecule has 0 N–H and O–H groups in total. The van der Waals surface area contributed by atoms with Crippen LogP contribution in [-0.4, -0.2) is 11.9 Å². The number of carbonyl (C=O) groups excluding carboxylic acids is 1. The van der Waals surface area contributed by atoms with Crippen LogP contribution in [-0.2, 0) is 15.7 Å².